The average molecular weight is 198 g/mol. The fourth-order valence-electron chi connectivity index (χ4n) is 1.20. The van der Waals surface area contributed by atoms with Crippen LogP contribution in [0, 0.1) is 0 Å². The molecule has 0 atom stereocenters. The molecule has 0 fully saturated rings. The van der Waals surface area contributed by atoms with Crippen molar-refractivity contribution in [1.82, 2.24) is 0 Å². The molecular weight excluding hydrogens is 187 g/mol. The fraction of sp³-hybridized carbons (Fsp3) is 0.300. The first-order chi connectivity index (χ1) is 6.76. The number of hydrogen-bond acceptors (Lipinski definition) is 3. The lowest BCUT2D eigenvalue weighted by molar-refractivity contribution is 0.112. The monoisotopic (exact) mass is 198 g/mol. The minimum Gasteiger partial charge on any atom is -0.496 e. The smallest absolute Gasteiger partial charge is 0.150 e. The number of ether oxygens (including phenoxy) is 2. The third-order valence-corrected chi connectivity index (χ3v) is 1.90. The summed E-state index contributed by atoms with van der Waals surface area (Å²) in [4.78, 5) is 10.5. The van der Waals surface area contributed by atoms with E-state index in [1.54, 1.807) is 0 Å². The van der Waals surface area contributed by atoms with Crippen LogP contribution in [0.15, 0.2) is 12.1 Å². The highest BCUT2D eigenvalue weighted by molar-refractivity contribution is 5.77. The summed E-state index contributed by atoms with van der Waals surface area (Å²) in [7, 11) is 2.84. The Morgan fingerprint density at radius 1 is 1.29 bits per heavy atom. The van der Waals surface area contributed by atoms with Crippen molar-refractivity contribution in [2.45, 2.75) is 6.67 Å². The molecule has 0 aliphatic heterocycles. The maximum absolute atomic E-state index is 12.6. The van der Waals surface area contributed by atoms with E-state index in [0.29, 0.717) is 28.9 Å². The minimum absolute atomic E-state index is 0.320. The van der Waals surface area contributed by atoms with E-state index in [2.05, 4.69) is 0 Å². The second kappa shape index (κ2) is 4.60. The van der Waals surface area contributed by atoms with Gasteiger partial charge >= 0.3 is 0 Å². The normalized spacial score (nSPS) is 9.64. The molecule has 0 radical (unpaired) electrons. The lowest BCUT2D eigenvalue weighted by Crippen LogP contribution is -1.97. The first-order valence-electron chi connectivity index (χ1n) is 4.02. The van der Waals surface area contributed by atoms with Crippen molar-refractivity contribution < 1.29 is 18.7 Å². The molecule has 76 valence electrons. The molecule has 4 heteroatoms. The summed E-state index contributed by atoms with van der Waals surface area (Å²) in [5, 5.41) is 0. The van der Waals surface area contributed by atoms with Gasteiger partial charge in [-0.1, -0.05) is 0 Å². The summed E-state index contributed by atoms with van der Waals surface area (Å²) in [5.74, 6) is 0.655. The highest BCUT2D eigenvalue weighted by Gasteiger charge is 2.11. The van der Waals surface area contributed by atoms with Crippen LogP contribution < -0.4 is 9.47 Å². The predicted molar refractivity (Wildman–Crippen MR) is 49.7 cm³/mol. The summed E-state index contributed by atoms with van der Waals surface area (Å²) < 4.78 is 22.5. The van der Waals surface area contributed by atoms with E-state index >= 15 is 0 Å². The molecule has 0 amide bonds. The van der Waals surface area contributed by atoms with Crippen molar-refractivity contribution in [3.8, 4) is 11.5 Å². The number of methoxy groups -OCH3 is 2. The predicted octanol–water partition coefficient (Wildman–Crippen LogP) is 1.99. The van der Waals surface area contributed by atoms with Gasteiger partial charge in [-0.2, -0.15) is 0 Å². The van der Waals surface area contributed by atoms with Gasteiger partial charge in [0, 0.05) is 5.56 Å². The van der Waals surface area contributed by atoms with Crippen LogP contribution in [0.3, 0.4) is 0 Å². The number of benzene rings is 1. The molecule has 0 aliphatic carbocycles. The summed E-state index contributed by atoms with van der Waals surface area (Å²) in [6.45, 7) is -0.689. The van der Waals surface area contributed by atoms with Crippen molar-refractivity contribution in [1.29, 1.82) is 0 Å². The SMILES string of the molecule is COc1cc(C=O)cc(OC)c1CF. The molecular formula is C10H11FO3. The van der Waals surface area contributed by atoms with E-state index in [1.807, 2.05) is 0 Å². The van der Waals surface area contributed by atoms with Crippen molar-refractivity contribution in [3.05, 3.63) is 23.3 Å². The summed E-state index contributed by atoms with van der Waals surface area (Å²) in [6.07, 6.45) is 0.660. The van der Waals surface area contributed by atoms with E-state index in [-0.39, 0.29) is 0 Å². The van der Waals surface area contributed by atoms with Crippen molar-refractivity contribution >= 4 is 6.29 Å². The molecule has 0 N–H and O–H groups in total. The number of aldehydes is 1. The first-order valence-corrected chi connectivity index (χ1v) is 4.02. The van der Waals surface area contributed by atoms with Crippen molar-refractivity contribution in [2.24, 2.45) is 0 Å². The molecule has 0 saturated heterocycles. The Labute approximate surface area is 81.4 Å². The highest BCUT2D eigenvalue weighted by Crippen LogP contribution is 2.30. The molecule has 0 aromatic heterocycles. The molecule has 1 aromatic carbocycles. The molecule has 0 bridgehead atoms. The second-order valence-corrected chi connectivity index (χ2v) is 2.66. The Balaban J connectivity index is 3.31. The van der Waals surface area contributed by atoms with Gasteiger partial charge in [-0.05, 0) is 12.1 Å². The zero-order valence-electron chi connectivity index (χ0n) is 8.04. The van der Waals surface area contributed by atoms with E-state index in [4.69, 9.17) is 9.47 Å². The van der Waals surface area contributed by atoms with Gasteiger partial charge in [0.25, 0.3) is 0 Å². The maximum Gasteiger partial charge on any atom is 0.150 e. The molecule has 3 nitrogen and oxygen atoms in total. The lowest BCUT2D eigenvalue weighted by Gasteiger charge is -2.10. The van der Waals surface area contributed by atoms with Gasteiger partial charge < -0.3 is 9.47 Å². The Hall–Kier alpha value is -1.58. The van der Waals surface area contributed by atoms with Crippen LogP contribution >= 0.6 is 0 Å². The summed E-state index contributed by atoms with van der Waals surface area (Å²) in [6, 6.07) is 2.95. The quantitative estimate of drug-likeness (QED) is 0.694. The van der Waals surface area contributed by atoms with Crippen LogP contribution in [0.2, 0.25) is 0 Å². The average Bonchev–Trinajstić information content (AvgIpc) is 2.26. The zero-order chi connectivity index (χ0) is 10.6. The third kappa shape index (κ3) is 1.84. The molecule has 0 spiro atoms. The highest BCUT2D eigenvalue weighted by atomic mass is 19.1. The van der Waals surface area contributed by atoms with Crippen LogP contribution in [-0.2, 0) is 6.67 Å². The summed E-state index contributed by atoms with van der Waals surface area (Å²) in [5.41, 5.74) is 0.719. The van der Waals surface area contributed by atoms with Gasteiger partial charge in [-0.15, -0.1) is 0 Å². The van der Waals surface area contributed by atoms with E-state index in [9.17, 15) is 9.18 Å². The van der Waals surface area contributed by atoms with Gasteiger partial charge in [-0.3, -0.25) is 4.79 Å². The number of carbonyl (C=O) groups excluding carboxylic acids is 1. The minimum atomic E-state index is -0.689. The Kier molecular flexibility index (Phi) is 3.45. The molecule has 0 aliphatic rings. The topological polar surface area (TPSA) is 35.5 Å². The van der Waals surface area contributed by atoms with Gasteiger partial charge in [0.1, 0.15) is 24.5 Å². The fourth-order valence-corrected chi connectivity index (χ4v) is 1.20. The van der Waals surface area contributed by atoms with Gasteiger partial charge in [0.05, 0.1) is 19.8 Å². The molecule has 14 heavy (non-hydrogen) atoms. The number of alkyl halides is 1. The van der Waals surface area contributed by atoms with Crippen molar-refractivity contribution in [3.63, 3.8) is 0 Å². The van der Waals surface area contributed by atoms with Crippen LogP contribution in [0.5, 0.6) is 11.5 Å². The zero-order valence-corrected chi connectivity index (χ0v) is 8.04. The number of halogens is 1. The molecule has 0 saturated carbocycles. The first kappa shape index (κ1) is 10.5. The van der Waals surface area contributed by atoms with Crippen LogP contribution in [-0.4, -0.2) is 20.5 Å². The van der Waals surface area contributed by atoms with E-state index < -0.39 is 6.67 Å². The molecule has 0 heterocycles. The largest absolute Gasteiger partial charge is 0.496 e. The number of rotatable bonds is 4. The number of hydrogen-bond donors (Lipinski definition) is 0. The Bertz CT molecular complexity index is 311. The molecule has 0 unspecified atom stereocenters. The lowest BCUT2D eigenvalue weighted by atomic mass is 10.1. The Morgan fingerprint density at radius 2 is 1.79 bits per heavy atom. The van der Waals surface area contributed by atoms with Crippen molar-refractivity contribution in [2.75, 3.05) is 14.2 Å². The van der Waals surface area contributed by atoms with Crippen LogP contribution in [0.1, 0.15) is 15.9 Å². The third-order valence-electron chi connectivity index (χ3n) is 1.90. The maximum atomic E-state index is 12.6. The Morgan fingerprint density at radius 3 is 2.07 bits per heavy atom. The van der Waals surface area contributed by atoms with Gasteiger partial charge in [0.2, 0.25) is 0 Å². The van der Waals surface area contributed by atoms with Gasteiger partial charge in [0.15, 0.2) is 0 Å². The summed E-state index contributed by atoms with van der Waals surface area (Å²) >= 11 is 0. The van der Waals surface area contributed by atoms with E-state index in [1.165, 1.54) is 26.4 Å². The van der Waals surface area contributed by atoms with Crippen LogP contribution in [0.4, 0.5) is 4.39 Å². The number of carbonyl (C=O) groups is 1. The molecule has 1 rings (SSSR count). The van der Waals surface area contributed by atoms with Crippen LogP contribution in [0.25, 0.3) is 0 Å². The standard InChI is InChI=1S/C10H11FO3/c1-13-9-3-7(6-12)4-10(14-2)8(9)5-11/h3-4,6H,5H2,1-2H3. The van der Waals surface area contributed by atoms with Gasteiger partial charge in [-0.25, -0.2) is 4.39 Å². The van der Waals surface area contributed by atoms with E-state index in [0.717, 1.165) is 0 Å². The second-order valence-electron chi connectivity index (χ2n) is 2.66. The molecule has 1 aromatic rings.